The van der Waals surface area contributed by atoms with Crippen LogP contribution in [0.15, 0.2) is 42.7 Å². The first kappa shape index (κ1) is 22.6. The highest BCUT2D eigenvalue weighted by molar-refractivity contribution is 5.90. The first-order valence-corrected chi connectivity index (χ1v) is 10.8. The van der Waals surface area contributed by atoms with Gasteiger partial charge in [-0.25, -0.2) is 9.78 Å². The quantitative estimate of drug-likeness (QED) is 0.336. The Morgan fingerprint density at radius 3 is 2.52 bits per heavy atom. The van der Waals surface area contributed by atoms with Gasteiger partial charge in [-0.15, -0.1) is 0 Å². The summed E-state index contributed by atoms with van der Waals surface area (Å²) >= 11 is 0. The van der Waals surface area contributed by atoms with E-state index in [1.165, 1.54) is 24.3 Å². The Kier molecular flexibility index (Phi) is 6.84. The summed E-state index contributed by atoms with van der Waals surface area (Å²) in [6.07, 6.45) is 5.41. The summed E-state index contributed by atoms with van der Waals surface area (Å²) in [5.74, 6) is 1.27. The fourth-order valence-corrected chi connectivity index (χ4v) is 3.66. The maximum Gasteiger partial charge on any atom is 0.330 e. The molecule has 1 aromatic carbocycles. The molecule has 3 rings (SSSR count). The molecule has 0 aliphatic carbocycles. The van der Waals surface area contributed by atoms with Gasteiger partial charge in [0, 0.05) is 17.8 Å². The predicted molar refractivity (Wildman–Crippen MR) is 126 cm³/mol. The van der Waals surface area contributed by atoms with Crippen molar-refractivity contribution in [1.82, 2.24) is 9.38 Å². The van der Waals surface area contributed by atoms with Gasteiger partial charge in [0.2, 0.25) is 0 Å². The minimum atomic E-state index is -0.367. The minimum absolute atomic E-state index is 0.332. The van der Waals surface area contributed by atoms with E-state index in [2.05, 4.69) is 49.2 Å². The number of fused-ring (bicyclic) bond motifs is 1. The molecule has 31 heavy (non-hydrogen) atoms. The van der Waals surface area contributed by atoms with E-state index >= 15 is 0 Å². The van der Waals surface area contributed by atoms with Gasteiger partial charge in [-0.2, -0.15) is 0 Å². The number of esters is 1. The van der Waals surface area contributed by atoms with Crippen molar-refractivity contribution >= 4 is 17.2 Å². The molecule has 5 nitrogen and oxygen atoms in total. The Morgan fingerprint density at radius 1 is 1.16 bits per heavy atom. The van der Waals surface area contributed by atoms with Gasteiger partial charge in [0.05, 0.1) is 25.6 Å². The average molecular weight is 421 g/mol. The largest absolute Gasteiger partial charge is 0.493 e. The van der Waals surface area contributed by atoms with Gasteiger partial charge in [0.25, 0.3) is 0 Å². The van der Waals surface area contributed by atoms with Crippen LogP contribution < -0.4 is 4.74 Å². The third-order valence-corrected chi connectivity index (χ3v) is 5.49. The number of aromatic nitrogens is 2. The zero-order chi connectivity index (χ0) is 22.7. The minimum Gasteiger partial charge on any atom is -0.493 e. The third-order valence-electron chi connectivity index (χ3n) is 5.49. The molecule has 0 fully saturated rings. The lowest BCUT2D eigenvalue weighted by Gasteiger charge is -2.20. The molecular formula is C26H32N2O3. The number of carbonyl (C=O) groups is 1. The van der Waals surface area contributed by atoms with E-state index in [1.807, 2.05) is 38.4 Å². The van der Waals surface area contributed by atoms with Crippen molar-refractivity contribution in [2.45, 2.75) is 53.4 Å². The van der Waals surface area contributed by atoms with Gasteiger partial charge in [0.15, 0.2) is 0 Å². The van der Waals surface area contributed by atoms with Gasteiger partial charge < -0.3 is 9.47 Å². The number of benzene rings is 1. The summed E-state index contributed by atoms with van der Waals surface area (Å²) in [7, 11) is 1.38. The van der Waals surface area contributed by atoms with Crippen molar-refractivity contribution in [3.63, 3.8) is 0 Å². The van der Waals surface area contributed by atoms with E-state index < -0.39 is 0 Å². The molecule has 0 atom stereocenters. The van der Waals surface area contributed by atoms with Crippen LogP contribution >= 0.6 is 0 Å². The highest BCUT2D eigenvalue weighted by Gasteiger charge is 2.20. The summed E-state index contributed by atoms with van der Waals surface area (Å²) in [5.41, 5.74) is 7.09. The molecule has 3 aromatic rings. The molecule has 2 heterocycles. The number of carbonyl (C=O) groups excluding carboxylic acids is 1. The van der Waals surface area contributed by atoms with Crippen molar-refractivity contribution in [3.8, 4) is 17.0 Å². The Morgan fingerprint density at radius 2 is 1.90 bits per heavy atom. The topological polar surface area (TPSA) is 52.8 Å². The lowest BCUT2D eigenvalue weighted by Crippen LogP contribution is -2.04. The molecule has 0 bridgehead atoms. The van der Waals surface area contributed by atoms with Crippen molar-refractivity contribution < 1.29 is 14.3 Å². The van der Waals surface area contributed by atoms with Crippen LogP contribution in [0.5, 0.6) is 5.75 Å². The zero-order valence-corrected chi connectivity index (χ0v) is 19.5. The van der Waals surface area contributed by atoms with Crippen LogP contribution in [0, 0.1) is 0 Å². The normalized spacial score (nSPS) is 12.1. The number of rotatable bonds is 7. The highest BCUT2D eigenvalue weighted by atomic mass is 16.5. The van der Waals surface area contributed by atoms with Crippen LogP contribution in [0.25, 0.3) is 22.5 Å². The zero-order valence-electron chi connectivity index (χ0n) is 19.5. The second kappa shape index (κ2) is 9.38. The van der Waals surface area contributed by atoms with Crippen molar-refractivity contribution in [2.75, 3.05) is 13.7 Å². The van der Waals surface area contributed by atoms with Crippen LogP contribution in [0.4, 0.5) is 0 Å². The van der Waals surface area contributed by atoms with E-state index in [4.69, 9.17) is 9.47 Å². The number of methoxy groups -OCH3 is 1. The lowest BCUT2D eigenvalue weighted by molar-refractivity contribution is -0.134. The molecule has 5 heteroatoms. The standard InChI is InChI=1S/C26H32N2O3/c1-8-31-26-21(17(4)5)12-20(16(2)3)13-22(26)23-14-27-24-10-9-19(15-28(23)24)18(6)11-25(29)30-7/h9-17H,8H2,1-7H3. The van der Waals surface area contributed by atoms with E-state index in [-0.39, 0.29) is 5.97 Å². The summed E-state index contributed by atoms with van der Waals surface area (Å²) in [5, 5.41) is 0. The van der Waals surface area contributed by atoms with Crippen LogP contribution in [-0.2, 0) is 9.53 Å². The number of hydrogen-bond acceptors (Lipinski definition) is 4. The molecular weight excluding hydrogens is 388 g/mol. The number of allylic oxidation sites excluding steroid dienone is 1. The lowest BCUT2D eigenvalue weighted by atomic mass is 9.91. The second-order valence-electron chi connectivity index (χ2n) is 8.37. The Bertz CT molecular complexity index is 1120. The molecule has 0 saturated carbocycles. The van der Waals surface area contributed by atoms with Gasteiger partial charge in [-0.1, -0.05) is 33.8 Å². The summed E-state index contributed by atoms with van der Waals surface area (Å²) in [6.45, 7) is 13.3. The summed E-state index contributed by atoms with van der Waals surface area (Å²) in [6, 6.07) is 8.41. The Balaban J connectivity index is 2.26. The first-order valence-electron chi connectivity index (χ1n) is 10.8. The van der Waals surface area contributed by atoms with E-state index in [0.29, 0.717) is 18.4 Å². The Labute approximate surface area is 184 Å². The molecule has 0 radical (unpaired) electrons. The van der Waals surface area contributed by atoms with Crippen molar-refractivity contribution in [1.29, 1.82) is 0 Å². The van der Waals surface area contributed by atoms with Crippen LogP contribution in [-0.4, -0.2) is 29.1 Å². The predicted octanol–water partition coefficient (Wildman–Crippen LogP) is 6.22. The number of imidazole rings is 1. The molecule has 2 aromatic heterocycles. The third kappa shape index (κ3) is 4.66. The molecule has 0 aliphatic rings. The maximum absolute atomic E-state index is 11.7. The van der Waals surface area contributed by atoms with Gasteiger partial charge in [0.1, 0.15) is 11.4 Å². The van der Waals surface area contributed by atoms with Crippen LogP contribution in [0.3, 0.4) is 0 Å². The van der Waals surface area contributed by atoms with E-state index in [9.17, 15) is 4.79 Å². The summed E-state index contributed by atoms with van der Waals surface area (Å²) < 4.78 is 13.0. The van der Waals surface area contributed by atoms with Gasteiger partial charge >= 0.3 is 5.97 Å². The SMILES string of the molecule is CCOc1c(-c2cnc3ccc(C(C)=CC(=O)OC)cn23)cc(C(C)C)cc1C(C)C. The molecule has 0 saturated heterocycles. The van der Waals surface area contributed by atoms with Crippen LogP contribution in [0.2, 0.25) is 0 Å². The Hall–Kier alpha value is -3.08. The summed E-state index contributed by atoms with van der Waals surface area (Å²) in [4.78, 5) is 16.3. The van der Waals surface area contributed by atoms with Gasteiger partial charge in [-0.05, 0) is 66.1 Å². The molecule has 0 aliphatic heterocycles. The number of ether oxygens (including phenoxy) is 2. The van der Waals surface area contributed by atoms with Crippen LogP contribution in [0.1, 0.15) is 70.1 Å². The monoisotopic (exact) mass is 420 g/mol. The smallest absolute Gasteiger partial charge is 0.330 e. The molecule has 0 amide bonds. The molecule has 164 valence electrons. The number of pyridine rings is 1. The van der Waals surface area contributed by atoms with Crippen molar-refractivity contribution in [3.05, 3.63) is 59.4 Å². The maximum atomic E-state index is 11.7. The van der Waals surface area contributed by atoms with E-state index in [1.54, 1.807) is 0 Å². The molecule has 0 spiro atoms. The molecule has 0 unspecified atom stereocenters. The second-order valence-corrected chi connectivity index (χ2v) is 8.37. The number of hydrogen-bond donors (Lipinski definition) is 0. The van der Waals surface area contributed by atoms with Crippen molar-refractivity contribution in [2.24, 2.45) is 0 Å². The highest BCUT2D eigenvalue weighted by Crippen LogP contribution is 2.40. The molecule has 0 N–H and O–H groups in total. The first-order chi connectivity index (χ1) is 14.8. The van der Waals surface area contributed by atoms with E-state index in [0.717, 1.165) is 33.8 Å². The fourth-order valence-electron chi connectivity index (χ4n) is 3.66. The number of nitrogens with zero attached hydrogens (tertiary/aromatic N) is 2. The average Bonchev–Trinajstić information content (AvgIpc) is 3.16. The van der Waals surface area contributed by atoms with Gasteiger partial charge in [-0.3, -0.25) is 4.40 Å². The fraction of sp³-hybridized carbons (Fsp3) is 0.385.